The minimum Gasteiger partial charge on any atom is -0.148 e. The zero-order valence-corrected chi connectivity index (χ0v) is 4.73. The summed E-state index contributed by atoms with van der Waals surface area (Å²) in [5.41, 5.74) is 0. The first-order valence-corrected chi connectivity index (χ1v) is 2.72. The van der Waals surface area contributed by atoms with Crippen LogP contribution in [0.3, 0.4) is 0 Å². The smallest absolute Gasteiger partial charge is 0.148 e. The molecule has 0 aromatic rings. The van der Waals surface area contributed by atoms with Crippen molar-refractivity contribution in [3.05, 3.63) is 0 Å². The lowest BCUT2D eigenvalue weighted by Crippen LogP contribution is -1.74. The molecule has 0 heterocycles. The van der Waals surface area contributed by atoms with Crippen molar-refractivity contribution in [2.24, 2.45) is 0 Å². The molecule has 0 spiro atoms. The Bertz CT molecular complexity index is 37.8. The van der Waals surface area contributed by atoms with E-state index < -0.39 is 8.69 Å². The summed E-state index contributed by atoms with van der Waals surface area (Å²) in [6.07, 6.45) is 0.940. The fraction of sp³-hybridized carbons (Fsp3) is 1.00. The van der Waals surface area contributed by atoms with Gasteiger partial charge in [-0.3, -0.25) is 0 Å². The van der Waals surface area contributed by atoms with E-state index in [1.54, 1.807) is 0 Å². The second-order valence-electron chi connectivity index (χ2n) is 0.932. The third-order valence-electron chi connectivity index (χ3n) is 0.365. The highest BCUT2D eigenvalue weighted by Crippen LogP contribution is 1.93. The van der Waals surface area contributed by atoms with Crippen LogP contribution in [0.25, 0.3) is 0 Å². The van der Waals surface area contributed by atoms with Crippen LogP contribution < -0.4 is 0 Å². The Morgan fingerprint density at radius 3 is 2.67 bits per heavy atom. The van der Waals surface area contributed by atoms with Gasteiger partial charge in [-0.05, 0) is 11.0 Å². The van der Waals surface area contributed by atoms with E-state index in [-0.39, 0.29) is 0 Å². The van der Waals surface area contributed by atoms with Crippen LogP contribution >= 0.6 is 8.69 Å². The molecule has 1 atom stereocenters. The fourth-order valence-electron chi connectivity index (χ4n) is 0.144. The van der Waals surface area contributed by atoms with Crippen LogP contribution in [-0.4, -0.2) is 6.61 Å². The quantitative estimate of drug-likeness (QED) is 0.402. The lowest BCUT2D eigenvalue weighted by Gasteiger charge is -1.73. The predicted molar refractivity (Wildman–Crippen MR) is 25.2 cm³/mol. The Hall–Kier alpha value is 0.0600. The average Bonchev–Trinajstić information content (AvgIpc) is 1.61. The van der Waals surface area contributed by atoms with Gasteiger partial charge in [-0.1, -0.05) is 6.92 Å². The summed E-state index contributed by atoms with van der Waals surface area (Å²) in [6, 6.07) is 0. The topological polar surface area (TPSA) is 26.3 Å². The van der Waals surface area contributed by atoms with Gasteiger partial charge in [0.05, 0.1) is 0 Å². The molecule has 0 N–H and O–H groups in total. The average molecular weight is 107 g/mol. The summed E-state index contributed by atoms with van der Waals surface area (Å²) >= 11 is 0. The maximum Gasteiger partial charge on any atom is 0.494 e. The van der Waals surface area contributed by atoms with E-state index in [1.165, 1.54) is 0 Å². The minimum atomic E-state index is -0.585. The van der Waals surface area contributed by atoms with Gasteiger partial charge in [0.15, 0.2) is 0 Å². The predicted octanol–water partition coefficient (Wildman–Crippen LogP) is 1.35. The second kappa shape index (κ2) is 5.06. The van der Waals surface area contributed by atoms with Crippen LogP contribution in [0.1, 0.15) is 13.3 Å². The Kier molecular flexibility index (Phi) is 5.11. The van der Waals surface area contributed by atoms with E-state index in [9.17, 15) is 4.57 Å². The van der Waals surface area contributed by atoms with Crippen LogP contribution in [0, 0.1) is 0 Å². The summed E-state index contributed by atoms with van der Waals surface area (Å²) in [5, 5.41) is 0. The standard InChI is InChI=1S/C3H8O2P/c1-2-3-5-6-4/h6H,2-3H2,1H3/q+1. The normalized spacial score (nSPS) is 9.50. The maximum absolute atomic E-state index is 9.49. The molecule has 0 amide bonds. The van der Waals surface area contributed by atoms with Crippen molar-refractivity contribution in [1.29, 1.82) is 0 Å². The lowest BCUT2D eigenvalue weighted by atomic mass is 10.5. The Balaban J connectivity index is 2.49. The Labute approximate surface area is 38.8 Å². The zero-order chi connectivity index (χ0) is 4.83. The molecule has 2 nitrogen and oxygen atoms in total. The van der Waals surface area contributed by atoms with E-state index in [2.05, 4.69) is 4.52 Å². The molecule has 0 aliphatic carbocycles. The number of rotatable bonds is 3. The van der Waals surface area contributed by atoms with Gasteiger partial charge in [-0.2, -0.15) is 0 Å². The molecule has 0 aromatic carbocycles. The van der Waals surface area contributed by atoms with Crippen LogP contribution in [0.2, 0.25) is 0 Å². The molecule has 0 fully saturated rings. The van der Waals surface area contributed by atoms with E-state index in [0.29, 0.717) is 6.61 Å². The van der Waals surface area contributed by atoms with Gasteiger partial charge in [-0.15, -0.1) is 4.52 Å². The van der Waals surface area contributed by atoms with Gasteiger partial charge in [0.25, 0.3) is 0 Å². The van der Waals surface area contributed by atoms with Crippen LogP contribution in [0.15, 0.2) is 0 Å². The van der Waals surface area contributed by atoms with Crippen LogP contribution in [0.4, 0.5) is 0 Å². The Morgan fingerprint density at radius 1 is 1.83 bits per heavy atom. The van der Waals surface area contributed by atoms with Crippen molar-refractivity contribution in [2.75, 3.05) is 6.61 Å². The number of hydrogen-bond acceptors (Lipinski definition) is 2. The Morgan fingerprint density at radius 2 is 2.50 bits per heavy atom. The van der Waals surface area contributed by atoms with Gasteiger partial charge < -0.3 is 0 Å². The molecule has 0 saturated heterocycles. The van der Waals surface area contributed by atoms with E-state index in [4.69, 9.17) is 0 Å². The first kappa shape index (κ1) is 6.06. The van der Waals surface area contributed by atoms with Crippen molar-refractivity contribution < 1.29 is 9.09 Å². The monoisotopic (exact) mass is 107 g/mol. The summed E-state index contributed by atoms with van der Waals surface area (Å²) in [7, 11) is -0.585. The summed E-state index contributed by atoms with van der Waals surface area (Å²) in [5.74, 6) is 0. The highest BCUT2D eigenvalue weighted by atomic mass is 31.1. The molecule has 0 aromatic heterocycles. The van der Waals surface area contributed by atoms with E-state index >= 15 is 0 Å². The minimum absolute atomic E-state index is 0.585. The van der Waals surface area contributed by atoms with Gasteiger partial charge >= 0.3 is 8.69 Å². The van der Waals surface area contributed by atoms with E-state index in [1.807, 2.05) is 6.92 Å². The molecule has 0 saturated carbocycles. The van der Waals surface area contributed by atoms with Gasteiger partial charge in [0.2, 0.25) is 0 Å². The molecule has 1 unspecified atom stereocenters. The molecule has 6 heavy (non-hydrogen) atoms. The fourth-order valence-corrected chi connectivity index (χ4v) is 0.431. The lowest BCUT2D eigenvalue weighted by molar-refractivity contribution is 0.342. The molecule has 36 valence electrons. The third-order valence-corrected chi connectivity index (χ3v) is 0.687. The number of hydrogen-bond donors (Lipinski definition) is 0. The molecule has 0 bridgehead atoms. The van der Waals surface area contributed by atoms with Crippen LogP contribution in [-0.2, 0) is 9.09 Å². The largest absolute Gasteiger partial charge is 0.494 e. The van der Waals surface area contributed by atoms with Gasteiger partial charge in [0, 0.05) is 0 Å². The van der Waals surface area contributed by atoms with Crippen molar-refractivity contribution in [3.8, 4) is 0 Å². The summed E-state index contributed by atoms with van der Waals surface area (Å²) in [6.45, 7) is 2.59. The van der Waals surface area contributed by atoms with Crippen molar-refractivity contribution in [2.45, 2.75) is 13.3 Å². The zero-order valence-electron chi connectivity index (χ0n) is 3.73. The van der Waals surface area contributed by atoms with Crippen molar-refractivity contribution in [1.82, 2.24) is 0 Å². The summed E-state index contributed by atoms with van der Waals surface area (Å²) in [4.78, 5) is 0. The first-order valence-electron chi connectivity index (χ1n) is 1.90. The van der Waals surface area contributed by atoms with Gasteiger partial charge in [0.1, 0.15) is 6.61 Å². The molecule has 3 heteroatoms. The molecule has 0 aliphatic heterocycles. The first-order chi connectivity index (χ1) is 2.91. The third kappa shape index (κ3) is 4.06. The highest BCUT2D eigenvalue weighted by molar-refractivity contribution is 7.17. The molecular weight excluding hydrogens is 99.0 g/mol. The molecule has 0 aliphatic rings. The van der Waals surface area contributed by atoms with Crippen molar-refractivity contribution in [3.63, 3.8) is 0 Å². The maximum atomic E-state index is 9.49. The van der Waals surface area contributed by atoms with Gasteiger partial charge in [-0.25, -0.2) is 0 Å². The van der Waals surface area contributed by atoms with Crippen LogP contribution in [0.5, 0.6) is 0 Å². The highest BCUT2D eigenvalue weighted by Gasteiger charge is 1.83. The molecule has 0 radical (unpaired) electrons. The SMILES string of the molecule is CCCO[PH+]=O. The second-order valence-corrected chi connectivity index (χ2v) is 1.39. The molecular formula is C3H8O2P+. The van der Waals surface area contributed by atoms with Crippen molar-refractivity contribution >= 4 is 8.69 Å². The van der Waals surface area contributed by atoms with E-state index in [0.717, 1.165) is 6.42 Å². The summed E-state index contributed by atoms with van der Waals surface area (Å²) < 4.78 is 13.9. The molecule has 0 rings (SSSR count).